The number of benzene rings is 1. The highest BCUT2D eigenvalue weighted by molar-refractivity contribution is 7.98. The third-order valence-electron chi connectivity index (χ3n) is 2.72. The lowest BCUT2D eigenvalue weighted by molar-refractivity contribution is 0.0697. The van der Waals surface area contributed by atoms with Gasteiger partial charge in [0.25, 0.3) is 11.1 Å². The van der Waals surface area contributed by atoms with Crippen LogP contribution in [0.2, 0.25) is 0 Å². The van der Waals surface area contributed by atoms with Gasteiger partial charge in [-0.3, -0.25) is 4.98 Å². The molecule has 0 aliphatic heterocycles. The number of nitrogens with zero attached hydrogens (tertiary/aromatic N) is 4. The fourth-order valence-corrected chi connectivity index (χ4v) is 2.43. The number of thioether (sulfide) groups is 1. The topological polar surface area (TPSA) is 102 Å². The average molecular weight is 314 g/mol. The molecule has 22 heavy (non-hydrogen) atoms. The molecule has 0 atom stereocenters. The fourth-order valence-electron chi connectivity index (χ4n) is 1.72. The minimum atomic E-state index is -0.949. The zero-order chi connectivity index (χ0) is 15.4. The van der Waals surface area contributed by atoms with Gasteiger partial charge >= 0.3 is 5.97 Å². The molecule has 0 unspecified atom stereocenters. The first-order chi connectivity index (χ1) is 10.7. The second kappa shape index (κ2) is 6.35. The van der Waals surface area contributed by atoms with E-state index in [2.05, 4.69) is 20.2 Å². The molecule has 7 nitrogen and oxygen atoms in total. The molecule has 0 radical (unpaired) electrons. The molecule has 1 aromatic carbocycles. The Labute approximate surface area is 129 Å². The van der Waals surface area contributed by atoms with E-state index in [0.717, 1.165) is 5.56 Å². The van der Waals surface area contributed by atoms with Crippen LogP contribution in [0.3, 0.4) is 0 Å². The molecule has 0 aliphatic rings. The number of carbonyl (C=O) groups is 1. The molecule has 0 saturated carbocycles. The number of hydrogen-bond donors (Lipinski definition) is 1. The number of carboxylic acid groups (broad SMARTS) is 1. The second-order valence-electron chi connectivity index (χ2n) is 4.26. The Hall–Kier alpha value is -2.74. The van der Waals surface area contributed by atoms with Gasteiger partial charge in [0.15, 0.2) is 0 Å². The number of aromatic nitrogens is 4. The van der Waals surface area contributed by atoms with Crippen LogP contribution in [0, 0.1) is 0 Å². The van der Waals surface area contributed by atoms with Gasteiger partial charge in [0, 0.05) is 18.1 Å². The van der Waals surface area contributed by atoms with E-state index in [0.29, 0.717) is 22.6 Å². The Kier molecular flexibility index (Phi) is 4.10. The van der Waals surface area contributed by atoms with Crippen LogP contribution in [-0.2, 0) is 5.75 Å². The fraction of sp³-hybridized carbons (Fsp3) is 0.0714. The van der Waals surface area contributed by atoms with Gasteiger partial charge in [0.05, 0.1) is 11.8 Å². The Bertz CT molecular complexity index is 792. The minimum Gasteiger partial charge on any atom is -0.478 e. The quantitative estimate of drug-likeness (QED) is 0.717. The molecule has 0 amide bonds. The van der Waals surface area contributed by atoms with Crippen LogP contribution in [-0.4, -0.2) is 31.2 Å². The zero-order valence-electron chi connectivity index (χ0n) is 11.2. The van der Waals surface area contributed by atoms with E-state index in [1.54, 1.807) is 30.6 Å². The molecule has 0 aliphatic carbocycles. The van der Waals surface area contributed by atoms with Crippen LogP contribution in [0.1, 0.15) is 15.9 Å². The molecule has 1 N–H and O–H groups in total. The molecule has 2 aromatic heterocycles. The molecular formula is C14H10N4O3S. The Balaban J connectivity index is 1.69. The van der Waals surface area contributed by atoms with Crippen molar-refractivity contribution in [3.05, 3.63) is 54.0 Å². The average Bonchev–Trinajstić information content (AvgIpc) is 3.03. The molecule has 0 fully saturated rings. The van der Waals surface area contributed by atoms with Gasteiger partial charge in [-0.15, -0.1) is 10.2 Å². The van der Waals surface area contributed by atoms with Crippen molar-refractivity contribution in [2.75, 3.05) is 0 Å². The summed E-state index contributed by atoms with van der Waals surface area (Å²) in [6, 6.07) is 6.72. The van der Waals surface area contributed by atoms with E-state index in [9.17, 15) is 4.79 Å². The van der Waals surface area contributed by atoms with Crippen LogP contribution < -0.4 is 0 Å². The summed E-state index contributed by atoms with van der Waals surface area (Å²) in [6.45, 7) is 0. The minimum absolute atomic E-state index is 0.254. The predicted molar refractivity (Wildman–Crippen MR) is 78.3 cm³/mol. The lowest BCUT2D eigenvalue weighted by Gasteiger charge is -2.00. The van der Waals surface area contributed by atoms with Gasteiger partial charge in [-0.05, 0) is 17.7 Å². The molecule has 0 saturated heterocycles. The summed E-state index contributed by atoms with van der Waals surface area (Å²) in [4.78, 5) is 18.9. The first kappa shape index (κ1) is 14.2. The molecule has 0 bridgehead atoms. The standard InChI is InChI=1S/C14H10N4O3S/c19-13(20)10-3-1-2-9(6-10)8-22-14-18-17-12(21-14)11-7-15-4-5-16-11/h1-7H,8H2,(H,19,20). The van der Waals surface area contributed by atoms with Crippen molar-refractivity contribution in [1.82, 2.24) is 20.2 Å². The lowest BCUT2D eigenvalue weighted by Crippen LogP contribution is -1.96. The van der Waals surface area contributed by atoms with Gasteiger partial charge in [-0.1, -0.05) is 23.9 Å². The van der Waals surface area contributed by atoms with Crippen molar-refractivity contribution in [2.45, 2.75) is 11.0 Å². The van der Waals surface area contributed by atoms with E-state index >= 15 is 0 Å². The van der Waals surface area contributed by atoms with Gasteiger partial charge < -0.3 is 9.52 Å². The van der Waals surface area contributed by atoms with Crippen LogP contribution in [0.15, 0.2) is 52.5 Å². The largest absolute Gasteiger partial charge is 0.478 e. The Morgan fingerprint density at radius 3 is 2.95 bits per heavy atom. The highest BCUT2D eigenvalue weighted by atomic mass is 32.2. The highest BCUT2D eigenvalue weighted by Crippen LogP contribution is 2.24. The van der Waals surface area contributed by atoms with E-state index < -0.39 is 5.97 Å². The van der Waals surface area contributed by atoms with Gasteiger partial charge in [0.1, 0.15) is 5.69 Å². The normalized spacial score (nSPS) is 10.5. The van der Waals surface area contributed by atoms with Gasteiger partial charge in [0.2, 0.25) is 0 Å². The van der Waals surface area contributed by atoms with Crippen molar-refractivity contribution in [3.63, 3.8) is 0 Å². The molecule has 2 heterocycles. The monoisotopic (exact) mass is 314 g/mol. The Morgan fingerprint density at radius 1 is 1.27 bits per heavy atom. The van der Waals surface area contributed by atoms with Crippen LogP contribution >= 0.6 is 11.8 Å². The number of aromatic carboxylic acids is 1. The van der Waals surface area contributed by atoms with Crippen LogP contribution in [0.4, 0.5) is 0 Å². The summed E-state index contributed by atoms with van der Waals surface area (Å²) in [5, 5.41) is 17.2. The number of carboxylic acids is 1. The van der Waals surface area contributed by atoms with Gasteiger partial charge in [-0.25, -0.2) is 9.78 Å². The zero-order valence-corrected chi connectivity index (χ0v) is 12.0. The first-order valence-electron chi connectivity index (χ1n) is 6.27. The van der Waals surface area contributed by atoms with E-state index in [1.165, 1.54) is 18.0 Å². The van der Waals surface area contributed by atoms with Crippen molar-refractivity contribution in [2.24, 2.45) is 0 Å². The molecular weight excluding hydrogens is 304 g/mol. The van der Waals surface area contributed by atoms with Crippen molar-refractivity contribution in [1.29, 1.82) is 0 Å². The van der Waals surface area contributed by atoms with E-state index in [-0.39, 0.29) is 5.56 Å². The summed E-state index contributed by atoms with van der Waals surface area (Å²) < 4.78 is 5.49. The maximum Gasteiger partial charge on any atom is 0.335 e. The SMILES string of the molecule is O=C(O)c1cccc(CSc2nnc(-c3cnccn3)o2)c1. The van der Waals surface area contributed by atoms with Crippen molar-refractivity contribution < 1.29 is 14.3 Å². The number of hydrogen-bond acceptors (Lipinski definition) is 7. The van der Waals surface area contributed by atoms with Crippen LogP contribution in [0.25, 0.3) is 11.6 Å². The van der Waals surface area contributed by atoms with E-state index in [1.807, 2.05) is 6.07 Å². The summed E-state index contributed by atoms with van der Waals surface area (Å²) in [6.07, 6.45) is 4.65. The highest BCUT2D eigenvalue weighted by Gasteiger charge is 2.11. The number of rotatable bonds is 5. The smallest absolute Gasteiger partial charge is 0.335 e. The lowest BCUT2D eigenvalue weighted by atomic mass is 10.1. The summed E-state index contributed by atoms with van der Waals surface area (Å²) >= 11 is 1.33. The second-order valence-corrected chi connectivity index (χ2v) is 5.18. The van der Waals surface area contributed by atoms with Crippen molar-refractivity contribution >= 4 is 17.7 Å². The predicted octanol–water partition coefficient (Wildman–Crippen LogP) is 2.52. The summed E-state index contributed by atoms with van der Waals surface area (Å²) in [7, 11) is 0. The maximum atomic E-state index is 10.9. The molecule has 0 spiro atoms. The maximum absolute atomic E-state index is 10.9. The first-order valence-corrected chi connectivity index (χ1v) is 7.26. The van der Waals surface area contributed by atoms with Crippen molar-refractivity contribution in [3.8, 4) is 11.6 Å². The third-order valence-corrected chi connectivity index (χ3v) is 3.61. The Morgan fingerprint density at radius 2 is 2.18 bits per heavy atom. The molecule has 110 valence electrons. The summed E-state index contributed by atoms with van der Waals surface area (Å²) in [5.74, 6) is -0.118. The van der Waals surface area contributed by atoms with Gasteiger partial charge in [-0.2, -0.15) is 0 Å². The third kappa shape index (κ3) is 3.29. The summed E-state index contributed by atoms with van der Waals surface area (Å²) in [5.41, 5.74) is 1.63. The molecule has 3 rings (SSSR count). The molecule has 8 heteroatoms. The molecule has 3 aromatic rings. The van der Waals surface area contributed by atoms with Crippen LogP contribution in [0.5, 0.6) is 0 Å². The van der Waals surface area contributed by atoms with E-state index in [4.69, 9.17) is 9.52 Å².